The number of amides is 1. The first-order valence-corrected chi connectivity index (χ1v) is 8.38. The second-order valence-corrected chi connectivity index (χ2v) is 6.44. The molecule has 124 valence electrons. The largest absolute Gasteiger partial charge is 0.478 e. The lowest BCUT2D eigenvalue weighted by molar-refractivity contribution is -0.119. The number of nitrogens with one attached hydrogen (secondary N) is 1. The van der Waals surface area contributed by atoms with Crippen molar-refractivity contribution in [3.63, 3.8) is 0 Å². The van der Waals surface area contributed by atoms with E-state index in [-0.39, 0.29) is 30.8 Å². The number of aliphatic hydroxyl groups excluding tert-OH is 1. The number of thiophene rings is 1. The summed E-state index contributed by atoms with van der Waals surface area (Å²) in [6.45, 7) is 1.24. The van der Waals surface area contributed by atoms with Crippen molar-refractivity contribution < 1.29 is 24.4 Å². The molecule has 0 aromatic carbocycles. The van der Waals surface area contributed by atoms with Gasteiger partial charge in [0.1, 0.15) is 5.78 Å². The van der Waals surface area contributed by atoms with Crippen LogP contribution in [0.5, 0.6) is 0 Å². The molecule has 0 bridgehead atoms. The van der Waals surface area contributed by atoms with Gasteiger partial charge in [0.15, 0.2) is 0 Å². The Morgan fingerprint density at radius 2 is 2.30 bits per heavy atom. The Labute approximate surface area is 139 Å². The van der Waals surface area contributed by atoms with Crippen LogP contribution >= 0.6 is 11.3 Å². The second-order valence-electron chi connectivity index (χ2n) is 5.49. The van der Waals surface area contributed by atoms with Crippen molar-refractivity contribution >= 4 is 35.7 Å². The number of hydrogen-bond acceptors (Lipinski definition) is 6. The van der Waals surface area contributed by atoms with Crippen molar-refractivity contribution in [1.82, 2.24) is 5.32 Å². The van der Waals surface area contributed by atoms with Crippen LogP contribution in [0.2, 0.25) is 0 Å². The summed E-state index contributed by atoms with van der Waals surface area (Å²) in [7, 11) is -1.14. The molecule has 2 atom stereocenters. The highest BCUT2D eigenvalue weighted by Gasteiger charge is 2.36. The van der Waals surface area contributed by atoms with E-state index in [1.54, 1.807) is 6.07 Å². The molecule has 0 saturated carbocycles. The Bertz CT molecular complexity index is 574. The van der Waals surface area contributed by atoms with Crippen molar-refractivity contribution in [2.45, 2.75) is 38.2 Å². The maximum absolute atomic E-state index is 12.4. The van der Waals surface area contributed by atoms with Crippen LogP contribution < -0.4 is 5.32 Å². The second kappa shape index (κ2) is 8.40. The van der Waals surface area contributed by atoms with Gasteiger partial charge in [-0.15, -0.1) is 11.3 Å². The van der Waals surface area contributed by atoms with E-state index < -0.39 is 13.1 Å². The van der Waals surface area contributed by atoms with E-state index in [4.69, 9.17) is 9.76 Å². The number of aliphatic hydroxyl groups is 1. The monoisotopic (exact) mass is 337 g/mol. The standard InChI is InChI=1S/C15H20BNO5S/c1-10(19)9-11-4-5-14(16(21)22-11)17-15(20)12(6-7-18)13-3-2-8-23-13/h2-3,6,8,11,14,18,21H,4-5,7,9H2,1H3,(H,17,20)/b12-6-/t11-,14-/m0/s1. The Kier molecular flexibility index (Phi) is 6.53. The fourth-order valence-electron chi connectivity index (χ4n) is 2.56. The van der Waals surface area contributed by atoms with Crippen LogP contribution in [0.4, 0.5) is 0 Å². The molecule has 6 nitrogen and oxygen atoms in total. The van der Waals surface area contributed by atoms with Crippen LogP contribution in [0, 0.1) is 0 Å². The maximum Gasteiger partial charge on any atom is 0.478 e. The Morgan fingerprint density at radius 1 is 1.52 bits per heavy atom. The quantitative estimate of drug-likeness (QED) is 0.527. The van der Waals surface area contributed by atoms with Gasteiger partial charge in [0.05, 0.1) is 18.1 Å². The zero-order chi connectivity index (χ0) is 16.8. The lowest BCUT2D eigenvalue weighted by Gasteiger charge is -2.31. The summed E-state index contributed by atoms with van der Waals surface area (Å²) in [5.74, 6) is -0.887. The number of carbonyl (C=O) groups excluding carboxylic acids is 2. The number of hydrogen-bond donors (Lipinski definition) is 3. The lowest BCUT2D eigenvalue weighted by Crippen LogP contribution is -2.53. The molecule has 0 unspecified atom stereocenters. The normalized spacial score (nSPS) is 22.0. The van der Waals surface area contributed by atoms with Gasteiger partial charge in [0.2, 0.25) is 0 Å². The average molecular weight is 337 g/mol. The third kappa shape index (κ3) is 5.00. The first kappa shape index (κ1) is 17.9. The molecule has 1 aliphatic rings. The number of ketones is 1. The third-order valence-corrected chi connectivity index (χ3v) is 4.54. The minimum Gasteiger partial charge on any atom is -0.426 e. The molecular formula is C15H20BNO5S. The van der Waals surface area contributed by atoms with Crippen LogP contribution in [0.3, 0.4) is 0 Å². The number of rotatable bonds is 6. The average Bonchev–Trinajstić information content (AvgIpc) is 3.00. The summed E-state index contributed by atoms with van der Waals surface area (Å²) in [4.78, 5) is 24.3. The van der Waals surface area contributed by atoms with Gasteiger partial charge in [0.25, 0.3) is 5.91 Å². The van der Waals surface area contributed by atoms with E-state index in [1.165, 1.54) is 24.3 Å². The Balaban J connectivity index is 1.97. The molecule has 1 aliphatic heterocycles. The summed E-state index contributed by atoms with van der Waals surface area (Å²) in [5.41, 5.74) is 0.376. The van der Waals surface area contributed by atoms with Crippen LogP contribution in [-0.4, -0.2) is 47.6 Å². The molecule has 1 aromatic rings. The topological polar surface area (TPSA) is 95.9 Å². The molecule has 1 amide bonds. The van der Waals surface area contributed by atoms with Crippen molar-refractivity contribution in [2.75, 3.05) is 6.61 Å². The van der Waals surface area contributed by atoms with E-state index in [0.717, 1.165) is 4.88 Å². The highest BCUT2D eigenvalue weighted by Crippen LogP contribution is 2.23. The van der Waals surface area contributed by atoms with E-state index >= 15 is 0 Å². The van der Waals surface area contributed by atoms with Gasteiger partial charge in [-0.05, 0) is 37.3 Å². The summed E-state index contributed by atoms with van der Waals surface area (Å²) in [6, 6.07) is 3.62. The van der Waals surface area contributed by atoms with Gasteiger partial charge in [-0.3, -0.25) is 9.59 Å². The minimum atomic E-state index is -1.14. The van der Waals surface area contributed by atoms with Gasteiger partial charge in [-0.1, -0.05) is 6.07 Å². The zero-order valence-corrected chi connectivity index (χ0v) is 13.7. The summed E-state index contributed by atoms with van der Waals surface area (Å²) < 4.78 is 5.39. The highest BCUT2D eigenvalue weighted by atomic mass is 32.1. The van der Waals surface area contributed by atoms with Crippen molar-refractivity contribution in [2.24, 2.45) is 0 Å². The smallest absolute Gasteiger partial charge is 0.426 e. The molecule has 0 aliphatic carbocycles. The summed E-state index contributed by atoms with van der Waals surface area (Å²) >= 11 is 1.40. The van der Waals surface area contributed by atoms with Gasteiger partial charge >= 0.3 is 7.12 Å². The fraction of sp³-hybridized carbons (Fsp3) is 0.467. The maximum atomic E-state index is 12.4. The molecule has 3 N–H and O–H groups in total. The van der Waals surface area contributed by atoms with Gasteiger partial charge in [-0.2, -0.15) is 0 Å². The van der Waals surface area contributed by atoms with Gasteiger partial charge in [0, 0.05) is 17.4 Å². The van der Waals surface area contributed by atoms with Crippen molar-refractivity contribution in [1.29, 1.82) is 0 Å². The summed E-state index contributed by atoms with van der Waals surface area (Å²) in [5, 5.41) is 23.7. The van der Waals surface area contributed by atoms with Crippen LogP contribution in [-0.2, 0) is 14.2 Å². The first-order valence-electron chi connectivity index (χ1n) is 7.50. The van der Waals surface area contributed by atoms with E-state index in [1.807, 2.05) is 11.4 Å². The lowest BCUT2D eigenvalue weighted by atomic mass is 9.72. The zero-order valence-electron chi connectivity index (χ0n) is 12.9. The molecule has 8 heteroatoms. The number of Topliss-reactive ketones (excluding diaryl/α,β-unsaturated/α-hetero) is 1. The molecule has 1 fully saturated rings. The first-order chi connectivity index (χ1) is 11.0. The Morgan fingerprint density at radius 3 is 2.87 bits per heavy atom. The van der Waals surface area contributed by atoms with Gasteiger partial charge in [-0.25, -0.2) is 0 Å². The minimum absolute atomic E-state index is 0.00977. The van der Waals surface area contributed by atoms with E-state index in [2.05, 4.69) is 5.32 Å². The molecule has 23 heavy (non-hydrogen) atoms. The fourth-order valence-corrected chi connectivity index (χ4v) is 3.32. The molecule has 0 radical (unpaired) electrons. The predicted molar refractivity (Wildman–Crippen MR) is 88.7 cm³/mol. The van der Waals surface area contributed by atoms with Crippen LogP contribution in [0.1, 0.15) is 31.1 Å². The van der Waals surface area contributed by atoms with E-state index in [0.29, 0.717) is 18.4 Å². The number of carbonyl (C=O) groups is 2. The highest BCUT2D eigenvalue weighted by molar-refractivity contribution is 7.11. The SMILES string of the molecule is CC(=O)C[C@@H]1CC[C@H](NC(=O)/C(=C\CO)c2cccs2)B(O)O1. The molecule has 1 aromatic heterocycles. The van der Waals surface area contributed by atoms with Crippen LogP contribution in [0.15, 0.2) is 23.6 Å². The van der Waals surface area contributed by atoms with E-state index in [9.17, 15) is 14.6 Å². The molecule has 2 rings (SSSR count). The molecular weight excluding hydrogens is 317 g/mol. The predicted octanol–water partition coefficient (Wildman–Crippen LogP) is 0.786. The summed E-state index contributed by atoms with van der Waals surface area (Å²) in [6.07, 6.45) is 2.53. The molecule has 2 heterocycles. The Hall–Kier alpha value is -1.48. The van der Waals surface area contributed by atoms with Crippen molar-refractivity contribution in [3.8, 4) is 0 Å². The van der Waals surface area contributed by atoms with Crippen LogP contribution in [0.25, 0.3) is 5.57 Å². The van der Waals surface area contributed by atoms with Gasteiger partial charge < -0.3 is 20.1 Å². The molecule has 0 spiro atoms. The third-order valence-electron chi connectivity index (χ3n) is 3.63. The molecule has 1 saturated heterocycles. The van der Waals surface area contributed by atoms with Crippen molar-refractivity contribution in [3.05, 3.63) is 28.5 Å².